The highest BCUT2D eigenvalue weighted by atomic mass is 35.5. The summed E-state index contributed by atoms with van der Waals surface area (Å²) >= 11 is 6.23. The molecule has 0 saturated carbocycles. The van der Waals surface area contributed by atoms with E-state index in [1.165, 1.54) is 30.5 Å². The molecular weight excluding hydrogens is 420 g/mol. The lowest BCUT2D eigenvalue weighted by atomic mass is 9.97. The maximum Gasteiger partial charge on any atom is 0.264 e. The Morgan fingerprint density at radius 1 is 1.13 bits per heavy atom. The number of carbonyl (C=O) groups is 1. The molecule has 3 rings (SSSR count). The van der Waals surface area contributed by atoms with Crippen LogP contribution < -0.4 is 9.62 Å². The van der Waals surface area contributed by atoms with Crippen LogP contribution in [-0.2, 0) is 14.8 Å². The van der Waals surface area contributed by atoms with Crippen LogP contribution in [0.4, 0.5) is 5.69 Å². The molecule has 30 heavy (non-hydrogen) atoms. The number of halogens is 1. The van der Waals surface area contributed by atoms with E-state index < -0.39 is 10.0 Å². The number of nitrogens with zero attached hydrogens (tertiary/aromatic N) is 1. The molecule has 0 atom stereocenters. The van der Waals surface area contributed by atoms with Gasteiger partial charge in [-0.2, -0.15) is 0 Å². The number of anilines is 1. The van der Waals surface area contributed by atoms with Crippen molar-refractivity contribution in [3.05, 3.63) is 70.8 Å². The molecule has 0 fully saturated rings. The van der Waals surface area contributed by atoms with Gasteiger partial charge in [0.25, 0.3) is 10.0 Å². The third-order valence-electron chi connectivity index (χ3n) is 5.22. The Hall–Kier alpha value is -2.31. The molecule has 2 aromatic rings. The van der Waals surface area contributed by atoms with Crippen molar-refractivity contribution in [1.29, 1.82) is 0 Å². The average Bonchev–Trinajstić information content (AvgIpc) is 2.75. The van der Waals surface area contributed by atoms with Crippen molar-refractivity contribution in [1.82, 2.24) is 5.32 Å². The number of hydrogen-bond acceptors (Lipinski definition) is 3. The second kappa shape index (κ2) is 10.1. The fraction of sp³-hybridized carbons (Fsp3) is 0.348. The molecule has 0 unspecified atom stereocenters. The van der Waals surface area contributed by atoms with Crippen molar-refractivity contribution in [2.45, 2.75) is 43.9 Å². The maximum absolute atomic E-state index is 13.3. The molecule has 1 amide bonds. The molecule has 7 heteroatoms. The van der Waals surface area contributed by atoms with E-state index in [2.05, 4.69) is 11.4 Å². The quantitative estimate of drug-likeness (QED) is 0.589. The summed E-state index contributed by atoms with van der Waals surface area (Å²) in [4.78, 5) is 12.8. The topological polar surface area (TPSA) is 66.5 Å². The standard InChI is InChI=1S/C23H27ClN2O3S/c1-18-12-13-20(16-22(18)24)26(30(28,29)21-10-6-3-7-11-21)17-23(27)25-15-14-19-8-4-2-5-9-19/h3,6-8,10-13,16H,2,4-5,9,14-15,17H2,1H3,(H,25,27). The van der Waals surface area contributed by atoms with Crippen LogP contribution in [0.2, 0.25) is 5.02 Å². The Morgan fingerprint density at radius 2 is 1.90 bits per heavy atom. The first-order valence-corrected chi connectivity index (χ1v) is 12.0. The molecule has 0 saturated heterocycles. The molecule has 0 heterocycles. The van der Waals surface area contributed by atoms with Gasteiger partial charge in [-0.1, -0.05) is 47.5 Å². The molecule has 0 spiro atoms. The van der Waals surface area contributed by atoms with Gasteiger partial charge in [0.1, 0.15) is 6.54 Å². The summed E-state index contributed by atoms with van der Waals surface area (Å²) in [7, 11) is -3.92. The molecular formula is C23H27ClN2O3S. The van der Waals surface area contributed by atoms with Gasteiger partial charge in [-0.3, -0.25) is 9.10 Å². The van der Waals surface area contributed by atoms with Crippen molar-refractivity contribution in [2.24, 2.45) is 0 Å². The van der Waals surface area contributed by atoms with Gasteiger partial charge >= 0.3 is 0 Å². The molecule has 0 aromatic heterocycles. The first-order valence-electron chi connectivity index (χ1n) is 10.2. The van der Waals surface area contributed by atoms with E-state index in [1.54, 1.807) is 36.4 Å². The molecule has 5 nitrogen and oxygen atoms in total. The van der Waals surface area contributed by atoms with Crippen LogP contribution >= 0.6 is 11.6 Å². The normalized spacial score (nSPS) is 14.1. The molecule has 0 aliphatic heterocycles. The van der Waals surface area contributed by atoms with E-state index in [-0.39, 0.29) is 17.3 Å². The highest BCUT2D eigenvalue weighted by molar-refractivity contribution is 7.92. The van der Waals surface area contributed by atoms with Crippen LogP contribution in [0.1, 0.15) is 37.7 Å². The van der Waals surface area contributed by atoms with Crippen LogP contribution in [0.25, 0.3) is 0 Å². The Bertz CT molecular complexity index is 1020. The number of carbonyl (C=O) groups excluding carboxylic acids is 1. The zero-order valence-electron chi connectivity index (χ0n) is 17.1. The lowest BCUT2D eigenvalue weighted by Gasteiger charge is -2.24. The summed E-state index contributed by atoms with van der Waals surface area (Å²) in [5, 5.41) is 3.31. The number of sulfonamides is 1. The summed E-state index contributed by atoms with van der Waals surface area (Å²) in [6.07, 6.45) is 7.63. The fourth-order valence-corrected chi connectivity index (χ4v) is 5.06. The van der Waals surface area contributed by atoms with Gasteiger partial charge in [-0.25, -0.2) is 8.42 Å². The number of hydrogen-bond donors (Lipinski definition) is 1. The first-order chi connectivity index (χ1) is 14.4. The molecule has 1 aliphatic rings. The summed E-state index contributed by atoms with van der Waals surface area (Å²) in [6.45, 7) is 2.03. The first kappa shape index (κ1) is 22.4. The van der Waals surface area contributed by atoms with Crippen LogP contribution in [0.15, 0.2) is 65.1 Å². The van der Waals surface area contributed by atoms with Crippen molar-refractivity contribution in [2.75, 3.05) is 17.4 Å². The van der Waals surface area contributed by atoms with Crippen molar-refractivity contribution in [3.63, 3.8) is 0 Å². The van der Waals surface area contributed by atoms with Gasteiger partial charge in [0.15, 0.2) is 0 Å². The number of nitrogens with one attached hydrogen (secondary N) is 1. The van der Waals surface area contributed by atoms with Crippen LogP contribution in [0.5, 0.6) is 0 Å². The van der Waals surface area contributed by atoms with Crippen LogP contribution in [0.3, 0.4) is 0 Å². The Morgan fingerprint density at radius 3 is 2.57 bits per heavy atom. The third kappa shape index (κ3) is 5.64. The summed E-state index contributed by atoms with van der Waals surface area (Å²) < 4.78 is 27.7. The SMILES string of the molecule is Cc1ccc(N(CC(=O)NCCC2=CCCCC2)S(=O)(=O)c2ccccc2)cc1Cl. The molecule has 1 N–H and O–H groups in total. The summed E-state index contributed by atoms with van der Waals surface area (Å²) in [6, 6.07) is 13.1. The zero-order valence-corrected chi connectivity index (χ0v) is 18.7. The van der Waals surface area contributed by atoms with Gasteiger partial charge in [-0.05, 0) is 68.9 Å². The van der Waals surface area contributed by atoms with E-state index in [9.17, 15) is 13.2 Å². The maximum atomic E-state index is 13.3. The Kier molecular flexibility index (Phi) is 7.56. The molecule has 0 radical (unpaired) electrons. The molecule has 2 aromatic carbocycles. The van der Waals surface area contributed by atoms with Gasteiger partial charge < -0.3 is 5.32 Å². The number of allylic oxidation sites excluding steroid dienone is 1. The lowest BCUT2D eigenvalue weighted by molar-refractivity contribution is -0.119. The van der Waals surface area contributed by atoms with Crippen molar-refractivity contribution >= 4 is 33.2 Å². The van der Waals surface area contributed by atoms with E-state index in [0.717, 1.165) is 29.1 Å². The second-order valence-electron chi connectivity index (χ2n) is 7.47. The number of aryl methyl sites for hydroxylation is 1. The Labute approximate surface area is 183 Å². The van der Waals surface area contributed by atoms with Crippen molar-refractivity contribution < 1.29 is 13.2 Å². The van der Waals surface area contributed by atoms with E-state index >= 15 is 0 Å². The van der Waals surface area contributed by atoms with Crippen molar-refractivity contribution in [3.8, 4) is 0 Å². The summed E-state index contributed by atoms with van der Waals surface area (Å²) in [5.74, 6) is -0.345. The molecule has 160 valence electrons. The average molecular weight is 447 g/mol. The van der Waals surface area contributed by atoms with E-state index in [4.69, 9.17) is 11.6 Å². The van der Waals surface area contributed by atoms with Crippen LogP contribution in [-0.4, -0.2) is 27.4 Å². The van der Waals surface area contributed by atoms with Gasteiger partial charge in [0.05, 0.1) is 10.6 Å². The largest absolute Gasteiger partial charge is 0.354 e. The zero-order chi connectivity index (χ0) is 21.6. The van der Waals surface area contributed by atoms with E-state index in [0.29, 0.717) is 17.3 Å². The number of amides is 1. The lowest BCUT2D eigenvalue weighted by Crippen LogP contribution is -2.41. The predicted molar refractivity (Wildman–Crippen MR) is 121 cm³/mol. The smallest absolute Gasteiger partial charge is 0.264 e. The number of benzene rings is 2. The predicted octanol–water partition coefficient (Wildman–Crippen LogP) is 4.85. The Balaban J connectivity index is 1.78. The van der Waals surface area contributed by atoms with Gasteiger partial charge in [-0.15, -0.1) is 0 Å². The number of rotatable bonds is 8. The monoisotopic (exact) mass is 446 g/mol. The van der Waals surface area contributed by atoms with Gasteiger partial charge in [0.2, 0.25) is 5.91 Å². The minimum absolute atomic E-state index is 0.127. The van der Waals surface area contributed by atoms with Gasteiger partial charge in [0, 0.05) is 11.6 Å². The second-order valence-corrected chi connectivity index (χ2v) is 9.74. The molecule has 0 bridgehead atoms. The minimum Gasteiger partial charge on any atom is -0.354 e. The highest BCUT2D eigenvalue weighted by Gasteiger charge is 2.27. The molecule has 1 aliphatic carbocycles. The highest BCUT2D eigenvalue weighted by Crippen LogP contribution is 2.28. The van der Waals surface area contributed by atoms with E-state index in [1.807, 2.05) is 6.92 Å². The fourth-order valence-electron chi connectivity index (χ4n) is 3.45. The minimum atomic E-state index is -3.92. The summed E-state index contributed by atoms with van der Waals surface area (Å²) in [5.41, 5.74) is 2.56. The van der Waals surface area contributed by atoms with Crippen LogP contribution in [0, 0.1) is 6.92 Å². The third-order valence-corrected chi connectivity index (χ3v) is 7.41.